The monoisotopic (exact) mass is 404 g/mol. The molecule has 0 N–H and O–H groups in total. The van der Waals surface area contributed by atoms with Crippen LogP contribution in [0, 0.1) is 6.92 Å². The van der Waals surface area contributed by atoms with Gasteiger partial charge in [-0.1, -0.05) is 17.7 Å². The Morgan fingerprint density at radius 3 is 2.07 bits per heavy atom. The van der Waals surface area contributed by atoms with Crippen LogP contribution in [-0.4, -0.2) is 63.4 Å². The van der Waals surface area contributed by atoms with Crippen LogP contribution in [0.3, 0.4) is 0 Å². The van der Waals surface area contributed by atoms with Crippen LogP contribution in [0.1, 0.15) is 5.56 Å². The number of sulfonamides is 1. The lowest BCUT2D eigenvalue weighted by Crippen LogP contribution is -2.51. The molecule has 8 heteroatoms. The second-order valence-electron chi connectivity index (χ2n) is 6.56. The molecule has 0 radical (unpaired) electrons. The van der Waals surface area contributed by atoms with Crippen LogP contribution in [-0.2, 0) is 14.8 Å². The molecule has 1 saturated heterocycles. The maximum absolute atomic E-state index is 12.7. The highest BCUT2D eigenvalue weighted by Gasteiger charge is 2.30. The van der Waals surface area contributed by atoms with E-state index in [-0.39, 0.29) is 30.5 Å². The molecular formula is C20H24N2O5S. The highest BCUT2D eigenvalue weighted by molar-refractivity contribution is 7.89. The molecule has 3 rings (SSSR count). The number of benzene rings is 2. The Balaban J connectivity index is 1.52. The van der Waals surface area contributed by atoms with E-state index in [1.54, 1.807) is 60.5 Å². The first-order valence-electron chi connectivity index (χ1n) is 9.01. The topological polar surface area (TPSA) is 76.2 Å². The van der Waals surface area contributed by atoms with E-state index in [1.165, 1.54) is 4.31 Å². The number of ether oxygens (including phenoxy) is 2. The van der Waals surface area contributed by atoms with Gasteiger partial charge in [-0.2, -0.15) is 4.31 Å². The molecule has 0 aliphatic carbocycles. The van der Waals surface area contributed by atoms with E-state index in [0.29, 0.717) is 24.6 Å². The molecule has 0 atom stereocenters. The summed E-state index contributed by atoms with van der Waals surface area (Å²) in [6.07, 6.45) is 0. The Morgan fingerprint density at radius 2 is 1.50 bits per heavy atom. The molecule has 150 valence electrons. The van der Waals surface area contributed by atoms with Crippen LogP contribution in [0.15, 0.2) is 53.4 Å². The fourth-order valence-electron chi connectivity index (χ4n) is 2.95. The summed E-state index contributed by atoms with van der Waals surface area (Å²) in [6, 6.07) is 13.8. The van der Waals surface area contributed by atoms with Gasteiger partial charge in [-0.25, -0.2) is 8.42 Å². The highest BCUT2D eigenvalue weighted by Crippen LogP contribution is 2.19. The standard InChI is InChI=1S/C20H24N2O5S/c1-16-3-9-19(10-4-16)28(24,25)22-13-11-21(12-14-22)20(23)15-27-18-7-5-17(26-2)6-8-18/h3-10H,11-15H2,1-2H3. The number of nitrogens with zero attached hydrogens (tertiary/aromatic N) is 2. The summed E-state index contributed by atoms with van der Waals surface area (Å²) in [5.74, 6) is 1.13. The minimum atomic E-state index is -3.54. The lowest BCUT2D eigenvalue weighted by Gasteiger charge is -2.34. The molecule has 1 aliphatic heterocycles. The maximum Gasteiger partial charge on any atom is 0.260 e. The van der Waals surface area contributed by atoms with Gasteiger partial charge in [0.1, 0.15) is 11.5 Å². The number of methoxy groups -OCH3 is 1. The highest BCUT2D eigenvalue weighted by atomic mass is 32.2. The van der Waals surface area contributed by atoms with Crippen molar-refractivity contribution in [3.63, 3.8) is 0 Å². The SMILES string of the molecule is COc1ccc(OCC(=O)N2CCN(S(=O)(=O)c3ccc(C)cc3)CC2)cc1. The first-order chi connectivity index (χ1) is 13.4. The number of aryl methyl sites for hydroxylation is 1. The van der Waals surface area contributed by atoms with Crippen molar-refractivity contribution in [3.8, 4) is 11.5 Å². The summed E-state index contributed by atoms with van der Waals surface area (Å²) in [6.45, 7) is 3.05. The molecule has 28 heavy (non-hydrogen) atoms. The zero-order valence-electron chi connectivity index (χ0n) is 16.0. The molecule has 1 aliphatic rings. The Bertz CT molecular complexity index is 903. The molecule has 2 aromatic rings. The van der Waals surface area contributed by atoms with E-state index in [2.05, 4.69) is 0 Å². The van der Waals surface area contributed by atoms with Crippen LogP contribution in [0.4, 0.5) is 0 Å². The second kappa shape index (κ2) is 8.62. The fraction of sp³-hybridized carbons (Fsp3) is 0.350. The van der Waals surface area contributed by atoms with E-state index in [1.807, 2.05) is 6.92 Å². The van der Waals surface area contributed by atoms with Crippen LogP contribution < -0.4 is 9.47 Å². The number of hydrogen-bond acceptors (Lipinski definition) is 5. The Labute approximate surface area is 165 Å². The zero-order chi connectivity index (χ0) is 20.1. The van der Waals surface area contributed by atoms with Crippen molar-refractivity contribution < 1.29 is 22.7 Å². The lowest BCUT2D eigenvalue weighted by atomic mass is 10.2. The summed E-state index contributed by atoms with van der Waals surface area (Å²) in [7, 11) is -1.96. The van der Waals surface area contributed by atoms with E-state index in [9.17, 15) is 13.2 Å². The number of carbonyl (C=O) groups is 1. The van der Waals surface area contributed by atoms with Gasteiger partial charge in [-0.15, -0.1) is 0 Å². The summed E-state index contributed by atoms with van der Waals surface area (Å²) >= 11 is 0. The van der Waals surface area contributed by atoms with Crippen LogP contribution in [0.25, 0.3) is 0 Å². The third-order valence-electron chi connectivity index (χ3n) is 4.67. The van der Waals surface area contributed by atoms with Crippen molar-refractivity contribution in [2.24, 2.45) is 0 Å². The summed E-state index contributed by atoms with van der Waals surface area (Å²) in [4.78, 5) is 14.3. The number of carbonyl (C=O) groups excluding carboxylic acids is 1. The van der Waals surface area contributed by atoms with Gasteiger partial charge in [-0.05, 0) is 43.3 Å². The first-order valence-corrected chi connectivity index (χ1v) is 10.5. The predicted octanol–water partition coefficient (Wildman–Crippen LogP) is 1.92. The van der Waals surface area contributed by atoms with Gasteiger partial charge in [0.2, 0.25) is 10.0 Å². The fourth-order valence-corrected chi connectivity index (χ4v) is 4.37. The summed E-state index contributed by atoms with van der Waals surface area (Å²) in [5.41, 5.74) is 1.01. The Morgan fingerprint density at radius 1 is 0.929 bits per heavy atom. The summed E-state index contributed by atoms with van der Waals surface area (Å²) < 4.78 is 37.5. The van der Waals surface area contributed by atoms with Gasteiger partial charge < -0.3 is 14.4 Å². The largest absolute Gasteiger partial charge is 0.497 e. The zero-order valence-corrected chi connectivity index (χ0v) is 16.8. The number of amides is 1. The van der Waals surface area contributed by atoms with Crippen molar-refractivity contribution in [3.05, 3.63) is 54.1 Å². The third kappa shape index (κ3) is 4.63. The molecule has 1 fully saturated rings. The van der Waals surface area contributed by atoms with Gasteiger partial charge in [-0.3, -0.25) is 4.79 Å². The van der Waals surface area contributed by atoms with Crippen molar-refractivity contribution in [1.82, 2.24) is 9.21 Å². The molecule has 0 aromatic heterocycles. The average Bonchev–Trinajstić information content (AvgIpc) is 2.73. The quantitative estimate of drug-likeness (QED) is 0.735. The van der Waals surface area contributed by atoms with Gasteiger partial charge in [0.25, 0.3) is 5.91 Å². The van der Waals surface area contributed by atoms with Crippen molar-refractivity contribution in [2.45, 2.75) is 11.8 Å². The minimum absolute atomic E-state index is 0.0863. The Kier molecular flexibility index (Phi) is 6.21. The van der Waals surface area contributed by atoms with Gasteiger partial charge in [0, 0.05) is 26.2 Å². The molecule has 0 unspecified atom stereocenters. The molecule has 0 bridgehead atoms. The molecule has 7 nitrogen and oxygen atoms in total. The molecule has 1 amide bonds. The third-order valence-corrected chi connectivity index (χ3v) is 6.58. The van der Waals surface area contributed by atoms with E-state index >= 15 is 0 Å². The molecule has 0 spiro atoms. The Hall–Kier alpha value is -2.58. The smallest absolute Gasteiger partial charge is 0.260 e. The predicted molar refractivity (Wildman–Crippen MR) is 105 cm³/mol. The number of piperazine rings is 1. The summed E-state index contributed by atoms with van der Waals surface area (Å²) in [5, 5.41) is 0. The molecule has 1 heterocycles. The van der Waals surface area contributed by atoms with Gasteiger partial charge in [0.15, 0.2) is 6.61 Å². The lowest BCUT2D eigenvalue weighted by molar-refractivity contribution is -0.134. The molecule has 2 aromatic carbocycles. The van der Waals surface area contributed by atoms with E-state index in [0.717, 1.165) is 5.56 Å². The van der Waals surface area contributed by atoms with Crippen LogP contribution in [0.5, 0.6) is 11.5 Å². The van der Waals surface area contributed by atoms with Crippen LogP contribution in [0.2, 0.25) is 0 Å². The van der Waals surface area contributed by atoms with Gasteiger partial charge in [0.05, 0.1) is 12.0 Å². The van der Waals surface area contributed by atoms with Gasteiger partial charge >= 0.3 is 0 Å². The molecular weight excluding hydrogens is 380 g/mol. The molecule has 0 saturated carbocycles. The minimum Gasteiger partial charge on any atom is -0.497 e. The van der Waals surface area contributed by atoms with Crippen molar-refractivity contribution >= 4 is 15.9 Å². The first kappa shape index (κ1) is 20.2. The maximum atomic E-state index is 12.7. The van der Waals surface area contributed by atoms with Crippen molar-refractivity contribution in [2.75, 3.05) is 39.9 Å². The van der Waals surface area contributed by atoms with E-state index in [4.69, 9.17) is 9.47 Å². The van der Waals surface area contributed by atoms with Crippen molar-refractivity contribution in [1.29, 1.82) is 0 Å². The van der Waals surface area contributed by atoms with E-state index < -0.39 is 10.0 Å². The average molecular weight is 404 g/mol. The normalized spacial score (nSPS) is 15.3. The number of hydrogen-bond donors (Lipinski definition) is 0. The van der Waals surface area contributed by atoms with Crippen LogP contribution >= 0.6 is 0 Å². The second-order valence-corrected chi connectivity index (χ2v) is 8.50. The number of rotatable bonds is 6.